The maximum Gasteiger partial charge on any atom is 0.416 e. The van der Waals surface area contributed by atoms with Gasteiger partial charge in [0.1, 0.15) is 5.82 Å². The lowest BCUT2D eigenvalue weighted by Crippen LogP contribution is -2.14. The van der Waals surface area contributed by atoms with Crippen molar-refractivity contribution in [2.24, 2.45) is 0 Å². The second-order valence-electron chi connectivity index (χ2n) is 6.85. The van der Waals surface area contributed by atoms with Crippen molar-refractivity contribution < 1.29 is 27.2 Å². The summed E-state index contributed by atoms with van der Waals surface area (Å²) in [6.45, 7) is 0. The summed E-state index contributed by atoms with van der Waals surface area (Å²) in [7, 11) is 0. The van der Waals surface area contributed by atoms with Crippen LogP contribution < -0.4 is 5.32 Å². The quantitative estimate of drug-likeness (QED) is 0.347. The molecule has 0 aliphatic carbocycles. The largest absolute Gasteiger partial charge is 0.416 e. The van der Waals surface area contributed by atoms with Crippen molar-refractivity contribution >= 4 is 28.4 Å². The number of rotatable bonds is 4. The Balaban J connectivity index is 1.61. The Morgan fingerprint density at radius 1 is 0.781 bits per heavy atom. The average molecular weight is 439 g/mol. The van der Waals surface area contributed by atoms with Gasteiger partial charge in [-0.15, -0.1) is 0 Å². The maximum atomic E-state index is 14.2. The van der Waals surface area contributed by atoms with Crippen LogP contribution in [0, 0.1) is 5.82 Å². The number of halogens is 4. The fourth-order valence-electron chi connectivity index (χ4n) is 3.10. The minimum absolute atomic E-state index is 0.0485. The molecule has 0 spiro atoms. The highest BCUT2D eigenvalue weighted by molar-refractivity contribution is 6.11. The Morgan fingerprint density at radius 2 is 1.53 bits per heavy atom. The lowest BCUT2D eigenvalue weighted by Gasteiger charge is -2.10. The van der Waals surface area contributed by atoms with Gasteiger partial charge in [-0.25, -0.2) is 4.39 Å². The topological polar surface area (TPSA) is 72.0 Å². The molecule has 5 nitrogen and oxygen atoms in total. The van der Waals surface area contributed by atoms with Crippen LogP contribution in [0.4, 0.5) is 23.2 Å². The first-order chi connectivity index (χ1) is 15.2. The summed E-state index contributed by atoms with van der Waals surface area (Å²) < 4.78 is 52.8. The normalized spacial score (nSPS) is 11.4. The van der Waals surface area contributed by atoms with E-state index >= 15 is 0 Å². The first-order valence-corrected chi connectivity index (χ1v) is 9.25. The molecule has 0 aliphatic rings. The number of carbonyl (C=O) groups is 2. The van der Waals surface area contributed by atoms with Crippen LogP contribution in [-0.4, -0.2) is 21.7 Å². The van der Waals surface area contributed by atoms with Gasteiger partial charge in [-0.05, 0) is 54.6 Å². The Bertz CT molecular complexity index is 1350. The first-order valence-electron chi connectivity index (χ1n) is 9.25. The fraction of sp³-hybridized carbons (Fsp3) is 0.0435. The second-order valence-corrected chi connectivity index (χ2v) is 6.85. The van der Waals surface area contributed by atoms with Gasteiger partial charge in [0.15, 0.2) is 5.78 Å². The van der Waals surface area contributed by atoms with Crippen LogP contribution >= 0.6 is 0 Å². The van der Waals surface area contributed by atoms with Gasteiger partial charge in [0.25, 0.3) is 5.91 Å². The molecule has 4 aromatic rings. The maximum absolute atomic E-state index is 14.2. The molecular weight excluding hydrogens is 426 g/mol. The third kappa shape index (κ3) is 4.46. The third-order valence-corrected chi connectivity index (χ3v) is 4.60. The lowest BCUT2D eigenvalue weighted by molar-refractivity contribution is -0.137. The van der Waals surface area contributed by atoms with Gasteiger partial charge in [0, 0.05) is 34.8 Å². The van der Waals surface area contributed by atoms with Crippen molar-refractivity contribution in [3.05, 3.63) is 101 Å². The van der Waals surface area contributed by atoms with E-state index in [1.165, 1.54) is 36.7 Å². The smallest absolute Gasteiger partial charge is 0.322 e. The van der Waals surface area contributed by atoms with E-state index in [0.29, 0.717) is 17.1 Å². The van der Waals surface area contributed by atoms with E-state index in [1.807, 2.05) is 0 Å². The minimum Gasteiger partial charge on any atom is -0.322 e. The van der Waals surface area contributed by atoms with E-state index in [-0.39, 0.29) is 22.4 Å². The highest BCUT2D eigenvalue weighted by Gasteiger charge is 2.31. The zero-order chi connectivity index (χ0) is 22.9. The Morgan fingerprint density at radius 3 is 2.28 bits per heavy atom. The predicted octanol–water partition coefficient (Wildman–Crippen LogP) is 5.27. The molecule has 32 heavy (non-hydrogen) atoms. The number of alkyl halides is 3. The Labute approximate surface area is 178 Å². The van der Waals surface area contributed by atoms with Crippen LogP contribution in [0.15, 0.2) is 73.1 Å². The molecule has 0 fully saturated rings. The molecule has 0 atom stereocenters. The molecule has 1 heterocycles. The first kappa shape index (κ1) is 21.1. The highest BCUT2D eigenvalue weighted by atomic mass is 19.4. The molecular formula is C23H13F4N3O2. The molecule has 1 amide bonds. The molecule has 0 unspecified atom stereocenters. The zero-order valence-corrected chi connectivity index (χ0v) is 16.2. The van der Waals surface area contributed by atoms with Crippen LogP contribution in [0.1, 0.15) is 31.8 Å². The van der Waals surface area contributed by atoms with Crippen LogP contribution in [0.25, 0.3) is 11.0 Å². The average Bonchev–Trinajstić information content (AvgIpc) is 2.77. The fourth-order valence-corrected chi connectivity index (χ4v) is 3.10. The van der Waals surface area contributed by atoms with Crippen LogP contribution in [0.5, 0.6) is 0 Å². The van der Waals surface area contributed by atoms with Crippen molar-refractivity contribution in [2.75, 3.05) is 5.32 Å². The van der Waals surface area contributed by atoms with Gasteiger partial charge >= 0.3 is 6.18 Å². The molecule has 0 aliphatic heterocycles. The number of fused-ring (bicyclic) bond motifs is 1. The monoisotopic (exact) mass is 439 g/mol. The van der Waals surface area contributed by atoms with Gasteiger partial charge in [0.05, 0.1) is 16.6 Å². The van der Waals surface area contributed by atoms with E-state index in [1.54, 1.807) is 6.07 Å². The molecule has 1 N–H and O–H groups in total. The molecule has 0 bridgehead atoms. The number of ketones is 1. The van der Waals surface area contributed by atoms with Crippen LogP contribution in [0.3, 0.4) is 0 Å². The van der Waals surface area contributed by atoms with Crippen LogP contribution in [-0.2, 0) is 6.18 Å². The number of carbonyl (C=O) groups excluding carboxylic acids is 2. The minimum atomic E-state index is -4.61. The second kappa shape index (κ2) is 8.18. The summed E-state index contributed by atoms with van der Waals surface area (Å²) >= 11 is 0. The van der Waals surface area contributed by atoms with Gasteiger partial charge in [-0.2, -0.15) is 13.2 Å². The molecule has 9 heteroatoms. The summed E-state index contributed by atoms with van der Waals surface area (Å²) in [5.41, 5.74) is -0.0717. The Hall–Kier alpha value is -4.14. The van der Waals surface area contributed by atoms with Crippen molar-refractivity contribution in [1.29, 1.82) is 0 Å². The standard InChI is InChI=1S/C23H13F4N3O2/c24-17-9-15(21(31)13-4-5-19-20(11-13)29-7-6-28-19)10-18(12-17)30-22(32)14-2-1-3-16(8-14)23(25,26)27/h1-12H,(H,30,32). The van der Waals surface area contributed by atoms with Gasteiger partial charge < -0.3 is 5.32 Å². The van der Waals surface area contributed by atoms with E-state index in [4.69, 9.17) is 0 Å². The number of benzene rings is 3. The number of hydrogen-bond donors (Lipinski definition) is 1. The molecule has 4 rings (SSSR count). The molecule has 0 saturated heterocycles. The van der Waals surface area contributed by atoms with E-state index in [9.17, 15) is 27.2 Å². The van der Waals surface area contributed by atoms with E-state index in [2.05, 4.69) is 15.3 Å². The Kier molecular flexibility index (Phi) is 5.40. The van der Waals surface area contributed by atoms with Crippen molar-refractivity contribution in [3.8, 4) is 0 Å². The summed E-state index contributed by atoms with van der Waals surface area (Å²) in [6.07, 6.45) is -1.63. The number of hydrogen-bond acceptors (Lipinski definition) is 4. The number of anilines is 1. The number of amides is 1. The van der Waals surface area contributed by atoms with E-state index < -0.39 is 29.2 Å². The number of nitrogens with one attached hydrogen (secondary N) is 1. The number of nitrogens with zero attached hydrogens (tertiary/aromatic N) is 2. The van der Waals surface area contributed by atoms with Crippen molar-refractivity contribution in [3.63, 3.8) is 0 Å². The predicted molar refractivity (Wildman–Crippen MR) is 109 cm³/mol. The third-order valence-electron chi connectivity index (χ3n) is 4.60. The molecule has 0 radical (unpaired) electrons. The van der Waals surface area contributed by atoms with E-state index in [0.717, 1.165) is 24.3 Å². The lowest BCUT2D eigenvalue weighted by atomic mass is 10.0. The molecule has 0 saturated carbocycles. The van der Waals surface area contributed by atoms with Gasteiger partial charge in [-0.3, -0.25) is 19.6 Å². The molecule has 1 aromatic heterocycles. The molecule has 3 aromatic carbocycles. The van der Waals surface area contributed by atoms with Crippen molar-refractivity contribution in [1.82, 2.24) is 9.97 Å². The van der Waals surface area contributed by atoms with Crippen LogP contribution in [0.2, 0.25) is 0 Å². The molecule has 160 valence electrons. The SMILES string of the molecule is O=C(Nc1cc(F)cc(C(=O)c2ccc3nccnc3c2)c1)c1cccc(C(F)(F)F)c1. The summed E-state index contributed by atoms with van der Waals surface area (Å²) in [4.78, 5) is 33.5. The zero-order valence-electron chi connectivity index (χ0n) is 16.2. The number of aromatic nitrogens is 2. The summed E-state index contributed by atoms with van der Waals surface area (Å²) in [5, 5.41) is 2.33. The van der Waals surface area contributed by atoms with Crippen molar-refractivity contribution in [2.45, 2.75) is 6.18 Å². The highest BCUT2D eigenvalue weighted by Crippen LogP contribution is 2.29. The summed E-state index contributed by atoms with van der Waals surface area (Å²) in [6, 6.07) is 11.7. The van der Waals surface area contributed by atoms with Gasteiger partial charge in [0.2, 0.25) is 0 Å². The van der Waals surface area contributed by atoms with Gasteiger partial charge in [-0.1, -0.05) is 6.07 Å². The summed E-state index contributed by atoms with van der Waals surface area (Å²) in [5.74, 6) is -2.19.